The van der Waals surface area contributed by atoms with Crippen LogP contribution in [0.3, 0.4) is 0 Å². The smallest absolute Gasteiger partial charge is 0.0556 e. The molecule has 1 atom stereocenters. The lowest BCUT2D eigenvalue weighted by Gasteiger charge is -2.10. The third kappa shape index (κ3) is 3.34. The quantitative estimate of drug-likeness (QED) is 0.724. The first-order valence-electron chi connectivity index (χ1n) is 4.19. The van der Waals surface area contributed by atoms with Crippen molar-refractivity contribution < 1.29 is 5.11 Å². The average molecular weight is 185 g/mol. The van der Waals surface area contributed by atoms with Crippen molar-refractivity contribution in [2.45, 2.75) is 19.4 Å². The minimum Gasteiger partial charge on any atom is -0.395 e. The molecule has 12 heavy (non-hydrogen) atoms. The lowest BCUT2D eigenvalue weighted by atomic mass is 10.2. The topological polar surface area (TPSA) is 32.3 Å². The van der Waals surface area contributed by atoms with Crippen molar-refractivity contribution in [2.24, 2.45) is 0 Å². The fourth-order valence-electron chi connectivity index (χ4n) is 1.11. The predicted molar refractivity (Wildman–Crippen MR) is 52.6 cm³/mol. The maximum absolute atomic E-state index is 8.58. The molecule has 1 aromatic rings. The van der Waals surface area contributed by atoms with E-state index in [1.54, 1.807) is 11.3 Å². The van der Waals surface area contributed by atoms with Gasteiger partial charge in [0, 0.05) is 17.5 Å². The van der Waals surface area contributed by atoms with Crippen LogP contribution in [0.4, 0.5) is 0 Å². The standard InChI is InChI=1S/C9H15NOS/c1-8(10-4-5-11)7-9-3-2-6-12-9/h2-3,6,8,10-11H,4-5,7H2,1H3. The Morgan fingerprint density at radius 1 is 1.67 bits per heavy atom. The highest BCUT2D eigenvalue weighted by atomic mass is 32.1. The number of aliphatic hydroxyl groups is 1. The summed E-state index contributed by atoms with van der Waals surface area (Å²) in [4.78, 5) is 1.40. The van der Waals surface area contributed by atoms with Crippen molar-refractivity contribution in [3.63, 3.8) is 0 Å². The van der Waals surface area contributed by atoms with Crippen LogP contribution >= 0.6 is 11.3 Å². The second-order valence-electron chi connectivity index (χ2n) is 2.86. The summed E-state index contributed by atoms with van der Waals surface area (Å²) in [6, 6.07) is 4.66. The Bertz CT molecular complexity index is 198. The van der Waals surface area contributed by atoms with Crippen LogP contribution in [0.2, 0.25) is 0 Å². The van der Waals surface area contributed by atoms with E-state index in [4.69, 9.17) is 5.11 Å². The molecule has 68 valence electrons. The largest absolute Gasteiger partial charge is 0.395 e. The van der Waals surface area contributed by atoms with Gasteiger partial charge < -0.3 is 10.4 Å². The molecule has 0 aliphatic carbocycles. The van der Waals surface area contributed by atoms with Crippen molar-refractivity contribution in [3.05, 3.63) is 22.4 Å². The molecule has 0 fully saturated rings. The van der Waals surface area contributed by atoms with Gasteiger partial charge in [-0.05, 0) is 24.8 Å². The van der Waals surface area contributed by atoms with E-state index in [-0.39, 0.29) is 6.61 Å². The zero-order chi connectivity index (χ0) is 8.81. The van der Waals surface area contributed by atoms with Gasteiger partial charge in [0.1, 0.15) is 0 Å². The lowest BCUT2D eigenvalue weighted by molar-refractivity contribution is 0.285. The van der Waals surface area contributed by atoms with E-state index in [1.807, 2.05) is 0 Å². The highest BCUT2D eigenvalue weighted by molar-refractivity contribution is 7.09. The van der Waals surface area contributed by atoms with E-state index in [1.165, 1.54) is 4.88 Å². The third-order valence-electron chi connectivity index (χ3n) is 1.69. The van der Waals surface area contributed by atoms with Gasteiger partial charge >= 0.3 is 0 Å². The van der Waals surface area contributed by atoms with Gasteiger partial charge in [-0.25, -0.2) is 0 Å². The number of aliphatic hydroxyl groups excluding tert-OH is 1. The van der Waals surface area contributed by atoms with E-state index >= 15 is 0 Å². The van der Waals surface area contributed by atoms with Gasteiger partial charge in [0.25, 0.3) is 0 Å². The molecule has 1 aromatic heterocycles. The highest BCUT2D eigenvalue weighted by Crippen LogP contribution is 2.10. The maximum atomic E-state index is 8.58. The molecule has 0 saturated heterocycles. The van der Waals surface area contributed by atoms with Gasteiger partial charge in [0.2, 0.25) is 0 Å². The van der Waals surface area contributed by atoms with Crippen LogP contribution < -0.4 is 5.32 Å². The number of hydrogen-bond acceptors (Lipinski definition) is 3. The van der Waals surface area contributed by atoms with Crippen molar-refractivity contribution >= 4 is 11.3 Å². The van der Waals surface area contributed by atoms with Crippen LogP contribution in [0.15, 0.2) is 17.5 Å². The molecule has 0 bridgehead atoms. The van der Waals surface area contributed by atoms with Crippen LogP contribution in [-0.2, 0) is 6.42 Å². The molecule has 1 heterocycles. The first kappa shape index (κ1) is 9.71. The molecule has 0 spiro atoms. The zero-order valence-electron chi connectivity index (χ0n) is 7.29. The Hall–Kier alpha value is -0.380. The van der Waals surface area contributed by atoms with Gasteiger partial charge in [-0.3, -0.25) is 0 Å². The van der Waals surface area contributed by atoms with Gasteiger partial charge in [-0.1, -0.05) is 6.07 Å². The number of hydrogen-bond donors (Lipinski definition) is 2. The molecule has 0 aromatic carbocycles. The van der Waals surface area contributed by atoms with Crippen molar-refractivity contribution in [2.75, 3.05) is 13.2 Å². The summed E-state index contributed by atoms with van der Waals surface area (Å²) in [5.74, 6) is 0. The van der Waals surface area contributed by atoms with Crippen molar-refractivity contribution in [1.82, 2.24) is 5.32 Å². The first-order chi connectivity index (χ1) is 5.83. The molecule has 0 radical (unpaired) electrons. The summed E-state index contributed by atoms with van der Waals surface area (Å²) in [7, 11) is 0. The maximum Gasteiger partial charge on any atom is 0.0556 e. The highest BCUT2D eigenvalue weighted by Gasteiger charge is 2.01. The molecule has 1 rings (SSSR count). The van der Waals surface area contributed by atoms with Crippen LogP contribution in [0.5, 0.6) is 0 Å². The molecular weight excluding hydrogens is 170 g/mol. The van der Waals surface area contributed by atoms with Crippen LogP contribution in [0.25, 0.3) is 0 Å². The fraction of sp³-hybridized carbons (Fsp3) is 0.556. The average Bonchev–Trinajstić information content (AvgIpc) is 2.53. The van der Waals surface area contributed by atoms with E-state index in [9.17, 15) is 0 Å². The summed E-state index contributed by atoms with van der Waals surface area (Å²) in [5.41, 5.74) is 0. The van der Waals surface area contributed by atoms with Gasteiger partial charge in [0.15, 0.2) is 0 Å². The Morgan fingerprint density at radius 2 is 2.50 bits per heavy atom. The normalized spacial score (nSPS) is 13.2. The number of nitrogens with one attached hydrogen (secondary N) is 1. The van der Waals surface area contributed by atoms with Gasteiger partial charge in [-0.2, -0.15) is 0 Å². The summed E-state index contributed by atoms with van der Waals surface area (Å²) in [6.07, 6.45) is 1.05. The molecule has 0 aliphatic rings. The lowest BCUT2D eigenvalue weighted by Crippen LogP contribution is -2.30. The second kappa shape index (κ2) is 5.30. The molecule has 3 heteroatoms. The Labute approximate surface area is 77.2 Å². The Balaban J connectivity index is 2.22. The summed E-state index contributed by atoms with van der Waals surface area (Å²) in [5, 5.41) is 13.9. The molecule has 2 nitrogen and oxygen atoms in total. The summed E-state index contributed by atoms with van der Waals surface area (Å²) in [6.45, 7) is 3.04. The third-order valence-corrected chi connectivity index (χ3v) is 2.59. The van der Waals surface area contributed by atoms with E-state index in [0.717, 1.165) is 6.42 Å². The monoisotopic (exact) mass is 185 g/mol. The van der Waals surface area contributed by atoms with Gasteiger partial charge in [-0.15, -0.1) is 11.3 Å². The molecule has 1 unspecified atom stereocenters. The van der Waals surface area contributed by atoms with E-state index < -0.39 is 0 Å². The Kier molecular flexibility index (Phi) is 4.29. The molecule has 0 amide bonds. The first-order valence-corrected chi connectivity index (χ1v) is 5.07. The van der Waals surface area contributed by atoms with Crippen molar-refractivity contribution in [3.8, 4) is 0 Å². The molecular formula is C9H15NOS. The number of thiophene rings is 1. The molecule has 2 N–H and O–H groups in total. The van der Waals surface area contributed by atoms with Crippen LogP contribution in [0.1, 0.15) is 11.8 Å². The summed E-state index contributed by atoms with van der Waals surface area (Å²) < 4.78 is 0. The SMILES string of the molecule is CC(Cc1cccs1)NCCO. The minimum atomic E-state index is 0.217. The zero-order valence-corrected chi connectivity index (χ0v) is 8.10. The van der Waals surface area contributed by atoms with E-state index in [2.05, 4.69) is 29.8 Å². The van der Waals surface area contributed by atoms with Gasteiger partial charge in [0.05, 0.1) is 6.61 Å². The van der Waals surface area contributed by atoms with Crippen molar-refractivity contribution in [1.29, 1.82) is 0 Å². The molecule has 0 saturated carbocycles. The van der Waals surface area contributed by atoms with E-state index in [0.29, 0.717) is 12.6 Å². The van der Waals surface area contributed by atoms with Crippen LogP contribution in [0, 0.1) is 0 Å². The predicted octanol–water partition coefficient (Wildman–Crippen LogP) is 1.26. The number of rotatable bonds is 5. The Morgan fingerprint density at radius 3 is 3.08 bits per heavy atom. The minimum absolute atomic E-state index is 0.217. The fourth-order valence-corrected chi connectivity index (χ4v) is 1.95. The molecule has 0 aliphatic heterocycles. The summed E-state index contributed by atoms with van der Waals surface area (Å²) >= 11 is 1.78. The van der Waals surface area contributed by atoms with Crippen LogP contribution in [-0.4, -0.2) is 24.3 Å². The second-order valence-corrected chi connectivity index (χ2v) is 3.89.